The Morgan fingerprint density at radius 2 is 1.46 bits per heavy atom. The highest BCUT2D eigenvalue weighted by Gasteiger charge is 2.22. The summed E-state index contributed by atoms with van der Waals surface area (Å²) in [4.78, 5) is 24.5. The van der Waals surface area contributed by atoms with Crippen LogP contribution in [0.3, 0.4) is 0 Å². The molecular weight excluding hydrogens is 350 g/mol. The van der Waals surface area contributed by atoms with Crippen molar-refractivity contribution < 1.29 is 14.7 Å². The number of carboxylic acids is 1. The first-order valence-electron chi connectivity index (χ1n) is 9.11. The maximum Gasteiger partial charge on any atom is 0.326 e. The molecule has 0 saturated heterocycles. The van der Waals surface area contributed by atoms with Gasteiger partial charge in [0.25, 0.3) is 5.91 Å². The molecule has 1 amide bonds. The Labute approximate surface area is 162 Å². The minimum atomic E-state index is -1.05. The molecule has 1 unspecified atom stereocenters. The standard InChI is InChI=1S/C24H19NO3/c26-23(20-13-12-16-6-1-2-8-18(16)14-20)25-22(24(27)28)15-19-10-5-9-17-7-3-4-11-21(17)19/h1-14,22H,15H2,(H,25,26)(H,27,28). The van der Waals surface area contributed by atoms with Crippen molar-refractivity contribution in [3.8, 4) is 0 Å². The normalized spacial score (nSPS) is 12.0. The number of carbonyl (C=O) groups excluding carboxylic acids is 1. The Kier molecular flexibility index (Phi) is 4.77. The number of aliphatic carboxylic acids is 1. The quantitative estimate of drug-likeness (QED) is 0.547. The Bertz CT molecular complexity index is 1180. The van der Waals surface area contributed by atoms with Crippen molar-refractivity contribution in [2.24, 2.45) is 0 Å². The van der Waals surface area contributed by atoms with Crippen LogP contribution in [0, 0.1) is 0 Å². The molecule has 0 heterocycles. The van der Waals surface area contributed by atoms with Gasteiger partial charge in [-0.3, -0.25) is 4.79 Å². The van der Waals surface area contributed by atoms with Crippen molar-refractivity contribution in [3.05, 3.63) is 96.1 Å². The molecule has 2 N–H and O–H groups in total. The summed E-state index contributed by atoms with van der Waals surface area (Å²) in [7, 11) is 0. The number of hydrogen-bond acceptors (Lipinski definition) is 2. The van der Waals surface area contributed by atoms with Crippen molar-refractivity contribution >= 4 is 33.4 Å². The van der Waals surface area contributed by atoms with E-state index in [-0.39, 0.29) is 6.42 Å². The van der Waals surface area contributed by atoms with E-state index >= 15 is 0 Å². The third-order valence-corrected chi connectivity index (χ3v) is 4.92. The molecule has 1 atom stereocenters. The lowest BCUT2D eigenvalue weighted by molar-refractivity contribution is -0.139. The van der Waals surface area contributed by atoms with E-state index in [9.17, 15) is 14.7 Å². The minimum absolute atomic E-state index is 0.218. The lowest BCUT2D eigenvalue weighted by Gasteiger charge is -2.16. The van der Waals surface area contributed by atoms with E-state index in [1.54, 1.807) is 12.1 Å². The molecule has 0 aliphatic rings. The Morgan fingerprint density at radius 1 is 0.786 bits per heavy atom. The maximum absolute atomic E-state index is 12.7. The van der Waals surface area contributed by atoms with E-state index in [0.717, 1.165) is 27.1 Å². The summed E-state index contributed by atoms with van der Waals surface area (Å²) in [6.45, 7) is 0. The molecule has 0 aliphatic carbocycles. The van der Waals surface area contributed by atoms with Crippen molar-refractivity contribution in [1.82, 2.24) is 5.32 Å². The Hall–Kier alpha value is -3.66. The van der Waals surface area contributed by atoms with Gasteiger partial charge in [-0.15, -0.1) is 0 Å². The van der Waals surface area contributed by atoms with Gasteiger partial charge in [0, 0.05) is 12.0 Å². The van der Waals surface area contributed by atoms with Crippen LogP contribution in [-0.4, -0.2) is 23.0 Å². The summed E-state index contributed by atoms with van der Waals surface area (Å²) in [6.07, 6.45) is 0.218. The number of hydrogen-bond donors (Lipinski definition) is 2. The van der Waals surface area contributed by atoms with E-state index in [4.69, 9.17) is 0 Å². The first kappa shape index (κ1) is 17.7. The van der Waals surface area contributed by atoms with Crippen molar-refractivity contribution in [1.29, 1.82) is 0 Å². The third kappa shape index (κ3) is 3.58. The van der Waals surface area contributed by atoms with Crippen LogP contribution in [0.1, 0.15) is 15.9 Å². The smallest absolute Gasteiger partial charge is 0.326 e. The maximum atomic E-state index is 12.7. The van der Waals surface area contributed by atoms with Gasteiger partial charge in [0.15, 0.2) is 0 Å². The van der Waals surface area contributed by atoms with Crippen molar-refractivity contribution in [2.45, 2.75) is 12.5 Å². The molecule has 4 aromatic rings. The lowest BCUT2D eigenvalue weighted by atomic mass is 9.98. The second-order valence-corrected chi connectivity index (χ2v) is 6.77. The highest BCUT2D eigenvalue weighted by Crippen LogP contribution is 2.20. The molecule has 0 saturated carbocycles. The average Bonchev–Trinajstić information content (AvgIpc) is 2.73. The van der Waals surface area contributed by atoms with Crippen LogP contribution in [-0.2, 0) is 11.2 Å². The molecule has 0 aliphatic heterocycles. The van der Waals surface area contributed by atoms with Crippen molar-refractivity contribution in [2.75, 3.05) is 0 Å². The zero-order valence-electron chi connectivity index (χ0n) is 15.1. The zero-order chi connectivity index (χ0) is 19.5. The van der Waals surface area contributed by atoms with Crippen LogP contribution in [0.4, 0.5) is 0 Å². The highest BCUT2D eigenvalue weighted by atomic mass is 16.4. The Morgan fingerprint density at radius 3 is 2.25 bits per heavy atom. The summed E-state index contributed by atoms with van der Waals surface area (Å²) in [5.41, 5.74) is 1.34. The average molecular weight is 369 g/mol. The summed E-state index contributed by atoms with van der Waals surface area (Å²) in [6, 6.07) is 25.7. The van der Waals surface area contributed by atoms with E-state index in [0.29, 0.717) is 5.56 Å². The van der Waals surface area contributed by atoms with Crippen LogP contribution >= 0.6 is 0 Å². The van der Waals surface area contributed by atoms with Gasteiger partial charge in [0.05, 0.1) is 0 Å². The van der Waals surface area contributed by atoms with E-state index in [1.807, 2.05) is 72.8 Å². The fourth-order valence-electron chi connectivity index (χ4n) is 3.46. The van der Waals surface area contributed by atoms with Crippen molar-refractivity contribution in [3.63, 3.8) is 0 Å². The van der Waals surface area contributed by atoms with Gasteiger partial charge in [-0.1, -0.05) is 72.8 Å². The fourth-order valence-corrected chi connectivity index (χ4v) is 3.46. The first-order valence-corrected chi connectivity index (χ1v) is 9.11. The second kappa shape index (κ2) is 7.53. The van der Waals surface area contributed by atoms with E-state index in [1.165, 1.54) is 0 Å². The number of nitrogens with one attached hydrogen (secondary N) is 1. The number of carbonyl (C=O) groups is 2. The summed E-state index contributed by atoms with van der Waals surface area (Å²) < 4.78 is 0. The van der Waals surface area contributed by atoms with Gasteiger partial charge in [0.1, 0.15) is 6.04 Å². The largest absolute Gasteiger partial charge is 0.480 e. The summed E-state index contributed by atoms with van der Waals surface area (Å²) in [5, 5.41) is 16.3. The van der Waals surface area contributed by atoms with E-state index < -0.39 is 17.9 Å². The third-order valence-electron chi connectivity index (χ3n) is 4.92. The predicted octanol–water partition coefficient (Wildman–Crippen LogP) is 4.42. The molecule has 4 aromatic carbocycles. The predicted molar refractivity (Wildman–Crippen MR) is 110 cm³/mol. The fraction of sp³-hybridized carbons (Fsp3) is 0.0833. The zero-order valence-corrected chi connectivity index (χ0v) is 15.1. The van der Waals surface area contributed by atoms with Crippen LogP contribution in [0.2, 0.25) is 0 Å². The summed E-state index contributed by atoms with van der Waals surface area (Å²) in [5.74, 6) is -1.44. The molecule has 0 fully saturated rings. The van der Waals surface area contributed by atoms with Crippen LogP contribution in [0.15, 0.2) is 84.9 Å². The number of benzene rings is 4. The SMILES string of the molecule is O=C(NC(Cc1cccc2ccccc12)C(=O)O)c1ccc2ccccc2c1. The first-order chi connectivity index (χ1) is 13.6. The molecule has 0 bridgehead atoms. The lowest BCUT2D eigenvalue weighted by Crippen LogP contribution is -2.42. The van der Waals surface area contributed by atoms with Gasteiger partial charge in [0.2, 0.25) is 0 Å². The molecule has 4 rings (SSSR count). The molecule has 0 aromatic heterocycles. The molecule has 0 radical (unpaired) electrons. The van der Waals surface area contributed by atoms with E-state index in [2.05, 4.69) is 5.32 Å². The van der Waals surface area contributed by atoms with Crippen LogP contribution < -0.4 is 5.32 Å². The summed E-state index contributed by atoms with van der Waals surface area (Å²) >= 11 is 0. The van der Waals surface area contributed by atoms with Gasteiger partial charge < -0.3 is 10.4 Å². The minimum Gasteiger partial charge on any atom is -0.480 e. The molecule has 0 spiro atoms. The number of amides is 1. The van der Waals surface area contributed by atoms with Gasteiger partial charge in [-0.2, -0.15) is 0 Å². The number of carboxylic acid groups (broad SMARTS) is 1. The van der Waals surface area contributed by atoms with Gasteiger partial charge >= 0.3 is 5.97 Å². The van der Waals surface area contributed by atoms with Gasteiger partial charge in [-0.05, 0) is 39.2 Å². The molecule has 4 heteroatoms. The Balaban J connectivity index is 1.59. The molecule has 138 valence electrons. The van der Waals surface area contributed by atoms with Gasteiger partial charge in [-0.25, -0.2) is 4.79 Å². The van der Waals surface area contributed by atoms with Crippen LogP contribution in [0.5, 0.6) is 0 Å². The molecular formula is C24H19NO3. The monoisotopic (exact) mass is 369 g/mol. The number of rotatable bonds is 5. The highest BCUT2D eigenvalue weighted by molar-refractivity contribution is 6.00. The molecule has 28 heavy (non-hydrogen) atoms. The number of fused-ring (bicyclic) bond motifs is 2. The second-order valence-electron chi connectivity index (χ2n) is 6.77. The topological polar surface area (TPSA) is 66.4 Å². The molecule has 4 nitrogen and oxygen atoms in total. The van der Waals surface area contributed by atoms with Crippen LogP contribution in [0.25, 0.3) is 21.5 Å².